The summed E-state index contributed by atoms with van der Waals surface area (Å²) in [5.41, 5.74) is 0. The first-order valence-corrected chi connectivity index (χ1v) is 6.25. The van der Waals surface area contributed by atoms with Gasteiger partial charge in [0.15, 0.2) is 0 Å². The van der Waals surface area contributed by atoms with Crippen LogP contribution in [0.2, 0.25) is 0 Å². The van der Waals surface area contributed by atoms with Crippen molar-refractivity contribution in [3.63, 3.8) is 0 Å². The molecule has 0 aromatic rings. The summed E-state index contributed by atoms with van der Waals surface area (Å²) in [7, 11) is 1.55. The first-order chi connectivity index (χ1) is 8.70. The molecule has 0 fully saturated rings. The van der Waals surface area contributed by atoms with Crippen LogP contribution in [0.1, 0.15) is 32.6 Å². The fourth-order valence-corrected chi connectivity index (χ4v) is 1.26. The molecule has 0 spiro atoms. The molecule has 0 heterocycles. The fourth-order valence-electron chi connectivity index (χ4n) is 1.26. The quantitative estimate of drug-likeness (QED) is 0.476. The highest BCUT2D eigenvalue weighted by Gasteiger charge is 2.02. The topological polar surface area (TPSA) is 73.9 Å². The number of esters is 1. The van der Waals surface area contributed by atoms with Crippen LogP contribution < -0.4 is 5.32 Å². The maximum Gasteiger partial charge on any atom is 0.407 e. The zero-order valence-electron chi connectivity index (χ0n) is 11.2. The number of nitrogens with one attached hydrogen (secondary N) is 1. The Balaban J connectivity index is 3.24. The number of unbranched alkanes of at least 4 members (excludes halogenated alkanes) is 2. The lowest BCUT2D eigenvalue weighted by atomic mass is 10.2. The molecule has 0 aliphatic carbocycles. The summed E-state index contributed by atoms with van der Waals surface area (Å²) in [6, 6.07) is 0. The van der Waals surface area contributed by atoms with Crippen LogP contribution in [0.5, 0.6) is 0 Å². The van der Waals surface area contributed by atoms with Crippen LogP contribution in [0.25, 0.3) is 0 Å². The van der Waals surface area contributed by atoms with Gasteiger partial charge in [-0.3, -0.25) is 4.79 Å². The summed E-state index contributed by atoms with van der Waals surface area (Å²) in [4.78, 5) is 22.1. The molecule has 0 aromatic carbocycles. The molecule has 0 rings (SSSR count). The summed E-state index contributed by atoms with van der Waals surface area (Å²) >= 11 is 0. The van der Waals surface area contributed by atoms with Gasteiger partial charge in [-0.2, -0.15) is 0 Å². The van der Waals surface area contributed by atoms with E-state index < -0.39 is 6.09 Å². The van der Waals surface area contributed by atoms with Gasteiger partial charge < -0.3 is 19.5 Å². The summed E-state index contributed by atoms with van der Waals surface area (Å²) < 4.78 is 14.4. The van der Waals surface area contributed by atoms with Gasteiger partial charge in [0.25, 0.3) is 0 Å². The smallest absolute Gasteiger partial charge is 0.407 e. The average Bonchev–Trinajstić information content (AvgIpc) is 2.34. The summed E-state index contributed by atoms with van der Waals surface area (Å²) in [6.45, 7) is 3.41. The van der Waals surface area contributed by atoms with Gasteiger partial charge in [0.1, 0.15) is 6.61 Å². The lowest BCUT2D eigenvalue weighted by molar-refractivity contribution is -0.143. The Kier molecular flexibility index (Phi) is 11.3. The molecule has 0 bridgehead atoms. The Morgan fingerprint density at radius 1 is 1.06 bits per heavy atom. The minimum atomic E-state index is -0.433. The van der Waals surface area contributed by atoms with E-state index in [-0.39, 0.29) is 12.6 Å². The van der Waals surface area contributed by atoms with Crippen molar-refractivity contribution in [1.29, 1.82) is 0 Å². The average molecular weight is 261 g/mol. The largest absolute Gasteiger partial charge is 0.466 e. The number of methoxy groups -OCH3 is 1. The second-order valence-corrected chi connectivity index (χ2v) is 3.67. The molecule has 0 aromatic heterocycles. The third-order valence-electron chi connectivity index (χ3n) is 2.15. The third-order valence-corrected chi connectivity index (χ3v) is 2.15. The number of hydrogen-bond donors (Lipinski definition) is 1. The highest BCUT2D eigenvalue weighted by atomic mass is 16.6. The summed E-state index contributed by atoms with van der Waals surface area (Å²) in [5, 5.41) is 2.62. The molecule has 0 unspecified atom stereocenters. The van der Waals surface area contributed by atoms with Crippen LogP contribution in [0, 0.1) is 0 Å². The van der Waals surface area contributed by atoms with Gasteiger partial charge >= 0.3 is 12.1 Å². The molecule has 6 nitrogen and oxygen atoms in total. The highest BCUT2D eigenvalue weighted by molar-refractivity contribution is 5.69. The van der Waals surface area contributed by atoms with Gasteiger partial charge in [-0.15, -0.1) is 0 Å². The summed E-state index contributed by atoms with van der Waals surface area (Å²) in [5.74, 6) is -0.163. The number of carbonyl (C=O) groups is 2. The molecule has 1 N–H and O–H groups in total. The van der Waals surface area contributed by atoms with Gasteiger partial charge in [0.05, 0.1) is 13.2 Å². The van der Waals surface area contributed by atoms with Crippen LogP contribution in [-0.2, 0) is 19.0 Å². The zero-order chi connectivity index (χ0) is 13.6. The second-order valence-electron chi connectivity index (χ2n) is 3.67. The molecule has 0 aliphatic rings. The molecule has 18 heavy (non-hydrogen) atoms. The fraction of sp³-hybridized carbons (Fsp3) is 0.833. The number of hydrogen-bond acceptors (Lipinski definition) is 5. The van der Waals surface area contributed by atoms with E-state index in [1.54, 1.807) is 14.0 Å². The molecule has 1 amide bonds. The Labute approximate surface area is 108 Å². The Hall–Kier alpha value is -1.30. The van der Waals surface area contributed by atoms with Crippen molar-refractivity contribution in [3.8, 4) is 0 Å². The van der Waals surface area contributed by atoms with Crippen molar-refractivity contribution in [2.45, 2.75) is 32.6 Å². The first kappa shape index (κ1) is 16.7. The van der Waals surface area contributed by atoms with Crippen molar-refractivity contribution < 1.29 is 23.8 Å². The minimum absolute atomic E-state index is 0.163. The van der Waals surface area contributed by atoms with E-state index in [4.69, 9.17) is 14.2 Å². The Bertz CT molecular complexity index is 233. The van der Waals surface area contributed by atoms with Gasteiger partial charge in [0.2, 0.25) is 0 Å². The maximum atomic E-state index is 11.1. The van der Waals surface area contributed by atoms with Crippen molar-refractivity contribution in [2.24, 2.45) is 0 Å². The maximum absolute atomic E-state index is 11.1. The van der Waals surface area contributed by atoms with Gasteiger partial charge in [-0.05, 0) is 19.8 Å². The van der Waals surface area contributed by atoms with E-state index in [2.05, 4.69) is 5.32 Å². The molecule has 0 saturated heterocycles. The monoisotopic (exact) mass is 261 g/mol. The van der Waals surface area contributed by atoms with Crippen molar-refractivity contribution in [1.82, 2.24) is 5.32 Å². The van der Waals surface area contributed by atoms with E-state index >= 15 is 0 Å². The molecule has 0 aliphatic heterocycles. The lowest BCUT2D eigenvalue weighted by Crippen LogP contribution is -2.26. The lowest BCUT2D eigenvalue weighted by Gasteiger charge is -2.06. The minimum Gasteiger partial charge on any atom is -0.466 e. The van der Waals surface area contributed by atoms with E-state index in [1.807, 2.05) is 0 Å². The number of amides is 1. The van der Waals surface area contributed by atoms with E-state index in [1.165, 1.54) is 0 Å². The molecule has 0 radical (unpaired) electrons. The van der Waals surface area contributed by atoms with Crippen molar-refractivity contribution >= 4 is 12.1 Å². The van der Waals surface area contributed by atoms with Crippen LogP contribution in [0.15, 0.2) is 0 Å². The molecule has 106 valence electrons. The van der Waals surface area contributed by atoms with Crippen LogP contribution in [-0.4, -0.2) is 45.5 Å². The van der Waals surface area contributed by atoms with Crippen molar-refractivity contribution in [3.05, 3.63) is 0 Å². The predicted octanol–water partition coefficient (Wildman–Crippen LogP) is 1.48. The van der Waals surface area contributed by atoms with E-state index in [0.717, 1.165) is 19.3 Å². The van der Waals surface area contributed by atoms with Crippen molar-refractivity contribution in [2.75, 3.05) is 33.5 Å². The van der Waals surface area contributed by atoms with Gasteiger partial charge in [0, 0.05) is 20.1 Å². The Morgan fingerprint density at radius 3 is 2.50 bits per heavy atom. The third kappa shape index (κ3) is 11.2. The van der Waals surface area contributed by atoms with Crippen LogP contribution in [0.4, 0.5) is 4.79 Å². The van der Waals surface area contributed by atoms with Gasteiger partial charge in [-0.1, -0.05) is 6.42 Å². The summed E-state index contributed by atoms with van der Waals surface area (Å²) in [6.07, 6.45) is 2.47. The van der Waals surface area contributed by atoms with Gasteiger partial charge in [-0.25, -0.2) is 4.79 Å². The molecule has 0 saturated carbocycles. The molecule has 6 heteroatoms. The van der Waals surface area contributed by atoms with Crippen LogP contribution in [0.3, 0.4) is 0 Å². The number of ether oxygens (including phenoxy) is 3. The molecule has 0 atom stereocenters. The number of alkyl carbamates (subject to hydrolysis) is 1. The second kappa shape index (κ2) is 12.2. The Morgan fingerprint density at radius 2 is 1.83 bits per heavy atom. The van der Waals surface area contributed by atoms with E-state index in [0.29, 0.717) is 26.2 Å². The molecular weight excluding hydrogens is 238 g/mol. The molecular formula is C12H23NO5. The standard InChI is InChI=1S/C12H23NO5/c1-3-17-11(14)7-5-4-6-8-13-12(15)18-10-9-16-2/h3-10H2,1-2H3,(H,13,15). The number of rotatable bonds is 10. The SMILES string of the molecule is CCOC(=O)CCCCCNC(=O)OCCOC. The number of carbonyl (C=O) groups excluding carboxylic acids is 2. The normalized spacial score (nSPS) is 9.89. The highest BCUT2D eigenvalue weighted by Crippen LogP contribution is 2.00. The first-order valence-electron chi connectivity index (χ1n) is 6.25. The zero-order valence-corrected chi connectivity index (χ0v) is 11.2. The van der Waals surface area contributed by atoms with Crippen LogP contribution >= 0.6 is 0 Å². The predicted molar refractivity (Wildman–Crippen MR) is 66.3 cm³/mol. The van der Waals surface area contributed by atoms with E-state index in [9.17, 15) is 9.59 Å².